The minimum absolute atomic E-state index is 0.0152. The number of carbonyl (C=O) groups excluding carboxylic acids is 1. The number of hydrogen-bond acceptors (Lipinski definition) is 3. The number of carbonyl (C=O) groups is 1. The second kappa shape index (κ2) is 5.74. The third-order valence-corrected chi connectivity index (χ3v) is 4.55. The van der Waals surface area contributed by atoms with Gasteiger partial charge in [-0.25, -0.2) is 4.39 Å². The highest BCUT2D eigenvalue weighted by atomic mass is 19.1. The lowest BCUT2D eigenvalue weighted by Crippen LogP contribution is -2.31. The van der Waals surface area contributed by atoms with Crippen LogP contribution in [0.4, 0.5) is 10.1 Å². The number of aromatic nitrogens is 1. The SMILES string of the molecule is Cc1c(-c2cc3c(cc2F)N(C)C(=O)CC3)cncc1[C@@H](C)N. The molecule has 0 fully saturated rings. The summed E-state index contributed by atoms with van der Waals surface area (Å²) in [5.74, 6) is -0.335. The molecular formula is C18H20FN3O. The summed E-state index contributed by atoms with van der Waals surface area (Å²) in [6, 6.07) is 3.12. The molecular weight excluding hydrogens is 293 g/mol. The van der Waals surface area contributed by atoms with E-state index in [4.69, 9.17) is 5.73 Å². The fourth-order valence-corrected chi connectivity index (χ4v) is 3.14. The van der Waals surface area contributed by atoms with Crippen molar-refractivity contribution in [3.63, 3.8) is 0 Å². The van der Waals surface area contributed by atoms with E-state index in [-0.39, 0.29) is 17.8 Å². The van der Waals surface area contributed by atoms with Crippen molar-refractivity contribution in [3.05, 3.63) is 47.0 Å². The minimum Gasteiger partial charge on any atom is -0.324 e. The summed E-state index contributed by atoms with van der Waals surface area (Å²) in [6.07, 6.45) is 4.48. The fourth-order valence-electron chi connectivity index (χ4n) is 3.14. The Balaban J connectivity index is 2.16. The smallest absolute Gasteiger partial charge is 0.227 e. The molecule has 0 aliphatic carbocycles. The molecule has 2 aromatic rings. The highest BCUT2D eigenvalue weighted by molar-refractivity contribution is 5.96. The average molecular weight is 313 g/mol. The normalized spacial score (nSPS) is 15.5. The van der Waals surface area contributed by atoms with Gasteiger partial charge in [0.2, 0.25) is 5.91 Å². The number of fused-ring (bicyclic) bond motifs is 1. The topological polar surface area (TPSA) is 59.2 Å². The molecule has 1 aliphatic heterocycles. The lowest BCUT2D eigenvalue weighted by Gasteiger charge is -2.26. The number of amides is 1. The van der Waals surface area contributed by atoms with Crippen molar-refractivity contribution >= 4 is 11.6 Å². The number of anilines is 1. The summed E-state index contributed by atoms with van der Waals surface area (Å²) in [7, 11) is 1.68. The molecule has 0 unspecified atom stereocenters. The molecule has 23 heavy (non-hydrogen) atoms. The number of aryl methyl sites for hydroxylation is 1. The number of halogens is 1. The van der Waals surface area contributed by atoms with Crippen LogP contribution in [-0.2, 0) is 11.2 Å². The lowest BCUT2D eigenvalue weighted by atomic mass is 9.92. The number of rotatable bonds is 2. The van der Waals surface area contributed by atoms with Gasteiger partial charge < -0.3 is 10.6 Å². The van der Waals surface area contributed by atoms with Crippen LogP contribution < -0.4 is 10.6 Å². The van der Waals surface area contributed by atoms with E-state index < -0.39 is 0 Å². The number of benzene rings is 1. The van der Waals surface area contributed by atoms with E-state index >= 15 is 0 Å². The maximum Gasteiger partial charge on any atom is 0.227 e. The van der Waals surface area contributed by atoms with Gasteiger partial charge in [-0.1, -0.05) is 0 Å². The summed E-state index contributed by atoms with van der Waals surface area (Å²) in [5.41, 5.74) is 10.7. The third kappa shape index (κ3) is 2.61. The molecule has 0 saturated carbocycles. The number of nitrogens with zero attached hydrogens (tertiary/aromatic N) is 2. The van der Waals surface area contributed by atoms with Crippen LogP contribution in [0.2, 0.25) is 0 Å². The van der Waals surface area contributed by atoms with Crippen molar-refractivity contribution in [1.82, 2.24) is 4.98 Å². The first-order valence-corrected chi connectivity index (χ1v) is 7.69. The average Bonchev–Trinajstić information content (AvgIpc) is 2.51. The first-order valence-electron chi connectivity index (χ1n) is 7.69. The van der Waals surface area contributed by atoms with Crippen LogP contribution in [0.5, 0.6) is 0 Å². The Morgan fingerprint density at radius 1 is 1.26 bits per heavy atom. The molecule has 1 aromatic heterocycles. The van der Waals surface area contributed by atoms with Crippen LogP contribution in [0.15, 0.2) is 24.5 Å². The Labute approximate surface area is 135 Å². The van der Waals surface area contributed by atoms with Gasteiger partial charge in [-0.15, -0.1) is 0 Å². The van der Waals surface area contributed by atoms with E-state index in [1.165, 1.54) is 11.0 Å². The van der Waals surface area contributed by atoms with Crippen molar-refractivity contribution < 1.29 is 9.18 Å². The van der Waals surface area contributed by atoms with Crippen LogP contribution in [0.25, 0.3) is 11.1 Å². The maximum atomic E-state index is 14.7. The Morgan fingerprint density at radius 2 is 2.00 bits per heavy atom. The van der Waals surface area contributed by atoms with Crippen LogP contribution in [0.1, 0.15) is 36.1 Å². The second-order valence-electron chi connectivity index (χ2n) is 6.10. The molecule has 5 heteroatoms. The van der Waals surface area contributed by atoms with Crippen molar-refractivity contribution in [2.75, 3.05) is 11.9 Å². The predicted octanol–water partition coefficient (Wildman–Crippen LogP) is 3.12. The van der Waals surface area contributed by atoms with Crippen LogP contribution in [0, 0.1) is 12.7 Å². The second-order valence-corrected chi connectivity index (χ2v) is 6.10. The van der Waals surface area contributed by atoms with Gasteiger partial charge in [-0.2, -0.15) is 0 Å². The zero-order valence-corrected chi connectivity index (χ0v) is 13.6. The van der Waals surface area contributed by atoms with Gasteiger partial charge in [-0.3, -0.25) is 9.78 Å². The number of hydrogen-bond donors (Lipinski definition) is 1. The zero-order chi connectivity index (χ0) is 16.7. The van der Waals surface area contributed by atoms with Gasteiger partial charge in [0, 0.05) is 48.7 Å². The molecule has 3 rings (SSSR count). The number of nitrogens with two attached hydrogens (primary N) is 1. The Bertz CT molecular complexity index is 786. The van der Waals surface area contributed by atoms with Crippen molar-refractivity contribution in [2.45, 2.75) is 32.7 Å². The lowest BCUT2D eigenvalue weighted by molar-refractivity contribution is -0.118. The third-order valence-electron chi connectivity index (χ3n) is 4.55. The Kier molecular flexibility index (Phi) is 3.90. The molecule has 1 aliphatic rings. The molecule has 4 nitrogen and oxygen atoms in total. The summed E-state index contributed by atoms with van der Waals surface area (Å²) < 4.78 is 14.7. The van der Waals surface area contributed by atoms with Gasteiger partial charge in [-0.05, 0) is 49.1 Å². The van der Waals surface area contributed by atoms with E-state index in [1.807, 2.05) is 19.9 Å². The summed E-state index contributed by atoms with van der Waals surface area (Å²) in [6.45, 7) is 3.82. The predicted molar refractivity (Wildman–Crippen MR) is 88.7 cm³/mol. The van der Waals surface area contributed by atoms with Gasteiger partial charge in [0.05, 0.1) is 0 Å². The van der Waals surface area contributed by atoms with E-state index in [0.29, 0.717) is 24.1 Å². The van der Waals surface area contributed by atoms with Gasteiger partial charge in [0.15, 0.2) is 0 Å². The van der Waals surface area contributed by atoms with Gasteiger partial charge >= 0.3 is 0 Å². The van der Waals surface area contributed by atoms with E-state index in [0.717, 1.165) is 22.3 Å². The quantitative estimate of drug-likeness (QED) is 0.926. The van der Waals surface area contributed by atoms with Crippen LogP contribution >= 0.6 is 0 Å². The van der Waals surface area contributed by atoms with E-state index in [9.17, 15) is 9.18 Å². The Morgan fingerprint density at radius 3 is 2.70 bits per heavy atom. The molecule has 0 saturated heterocycles. The molecule has 0 bridgehead atoms. The van der Waals surface area contributed by atoms with Crippen LogP contribution in [-0.4, -0.2) is 17.9 Å². The van der Waals surface area contributed by atoms with Gasteiger partial charge in [0.25, 0.3) is 0 Å². The zero-order valence-electron chi connectivity index (χ0n) is 13.6. The maximum absolute atomic E-state index is 14.7. The Hall–Kier alpha value is -2.27. The van der Waals surface area contributed by atoms with Crippen molar-refractivity contribution in [1.29, 1.82) is 0 Å². The van der Waals surface area contributed by atoms with Crippen molar-refractivity contribution in [2.24, 2.45) is 5.73 Å². The highest BCUT2D eigenvalue weighted by Crippen LogP contribution is 2.35. The largest absolute Gasteiger partial charge is 0.324 e. The molecule has 0 radical (unpaired) electrons. The molecule has 1 amide bonds. The molecule has 0 spiro atoms. The molecule has 2 heterocycles. The first-order chi connectivity index (χ1) is 10.9. The van der Waals surface area contributed by atoms with E-state index in [1.54, 1.807) is 19.4 Å². The summed E-state index contributed by atoms with van der Waals surface area (Å²) in [5, 5.41) is 0. The molecule has 1 aromatic carbocycles. The van der Waals surface area contributed by atoms with Crippen LogP contribution in [0.3, 0.4) is 0 Å². The monoisotopic (exact) mass is 313 g/mol. The fraction of sp³-hybridized carbons (Fsp3) is 0.333. The summed E-state index contributed by atoms with van der Waals surface area (Å²) in [4.78, 5) is 17.5. The van der Waals surface area contributed by atoms with Gasteiger partial charge in [0.1, 0.15) is 5.82 Å². The number of pyridine rings is 1. The first kappa shape index (κ1) is 15.6. The molecule has 1 atom stereocenters. The standard InChI is InChI=1S/C18H20FN3O/c1-10-14(11(2)20)8-21-9-15(10)13-6-12-4-5-18(23)22(3)17(12)7-16(13)19/h6-9,11H,4-5,20H2,1-3H3/t11-/m1/s1. The highest BCUT2D eigenvalue weighted by Gasteiger charge is 2.24. The van der Waals surface area contributed by atoms with Crippen molar-refractivity contribution in [3.8, 4) is 11.1 Å². The summed E-state index contributed by atoms with van der Waals surface area (Å²) >= 11 is 0. The minimum atomic E-state index is -0.350. The molecule has 120 valence electrons. The van der Waals surface area contributed by atoms with E-state index in [2.05, 4.69) is 4.98 Å². The molecule has 2 N–H and O–H groups in total.